The van der Waals surface area contributed by atoms with Gasteiger partial charge in [-0.05, 0) is 31.9 Å². The number of nitrogens with two attached hydrogens (primary N) is 2. The zero-order chi connectivity index (χ0) is 15.6. The quantitative estimate of drug-likeness (QED) is 0.780. The molecule has 21 heavy (non-hydrogen) atoms. The Morgan fingerprint density at radius 2 is 1.90 bits per heavy atom. The van der Waals surface area contributed by atoms with E-state index >= 15 is 0 Å². The Labute approximate surface area is 122 Å². The van der Waals surface area contributed by atoms with Crippen LogP contribution >= 0.6 is 0 Å². The van der Waals surface area contributed by atoms with E-state index in [1.807, 2.05) is 0 Å². The standard InChI is InChI=1S/C14H19FN4O2/c1-8-11(15)6-9(13(16)20)7-12(8)18-10-2-4-19(5-3-10)14(17)21/h6-7,10,18H,2-5H2,1H3,(H2,16,20)(H2,17,21). The molecule has 1 saturated heterocycles. The highest BCUT2D eigenvalue weighted by atomic mass is 19.1. The lowest BCUT2D eigenvalue weighted by Crippen LogP contribution is -2.44. The van der Waals surface area contributed by atoms with Crippen LogP contribution in [0.15, 0.2) is 12.1 Å². The molecule has 1 aliphatic heterocycles. The van der Waals surface area contributed by atoms with Gasteiger partial charge in [0, 0.05) is 35.9 Å². The Kier molecular flexibility index (Phi) is 4.30. The van der Waals surface area contributed by atoms with E-state index < -0.39 is 17.8 Å². The van der Waals surface area contributed by atoms with Crippen LogP contribution in [0.2, 0.25) is 0 Å². The molecule has 0 radical (unpaired) electrons. The molecule has 0 aliphatic carbocycles. The number of primary amides is 2. The van der Waals surface area contributed by atoms with Crippen LogP contribution in [0.25, 0.3) is 0 Å². The van der Waals surface area contributed by atoms with E-state index in [2.05, 4.69) is 5.32 Å². The van der Waals surface area contributed by atoms with Gasteiger partial charge in [0.15, 0.2) is 0 Å². The lowest BCUT2D eigenvalue weighted by molar-refractivity contribution is 0.1000. The van der Waals surface area contributed by atoms with Crippen molar-refractivity contribution in [3.05, 3.63) is 29.1 Å². The van der Waals surface area contributed by atoms with Crippen LogP contribution in [0.4, 0.5) is 14.9 Å². The molecule has 0 saturated carbocycles. The number of piperidine rings is 1. The molecule has 1 aromatic carbocycles. The van der Waals surface area contributed by atoms with E-state index in [9.17, 15) is 14.0 Å². The molecule has 1 fully saturated rings. The molecule has 0 spiro atoms. The van der Waals surface area contributed by atoms with Crippen molar-refractivity contribution >= 4 is 17.6 Å². The van der Waals surface area contributed by atoms with Gasteiger partial charge in [0.2, 0.25) is 5.91 Å². The molecule has 114 valence electrons. The maximum atomic E-state index is 13.8. The van der Waals surface area contributed by atoms with Crippen molar-refractivity contribution in [2.45, 2.75) is 25.8 Å². The molecule has 1 aromatic rings. The molecule has 0 unspecified atom stereocenters. The summed E-state index contributed by atoms with van der Waals surface area (Å²) in [5, 5.41) is 3.22. The zero-order valence-electron chi connectivity index (χ0n) is 11.9. The first-order chi connectivity index (χ1) is 9.88. The summed E-state index contributed by atoms with van der Waals surface area (Å²) >= 11 is 0. The molecule has 1 aliphatic rings. The van der Waals surface area contributed by atoms with Crippen molar-refractivity contribution < 1.29 is 14.0 Å². The number of nitrogens with one attached hydrogen (secondary N) is 1. The normalized spacial score (nSPS) is 15.8. The second-order valence-electron chi connectivity index (χ2n) is 5.24. The summed E-state index contributed by atoms with van der Waals surface area (Å²) in [7, 11) is 0. The fourth-order valence-electron chi connectivity index (χ4n) is 2.44. The number of urea groups is 1. The number of hydrogen-bond donors (Lipinski definition) is 3. The number of carbonyl (C=O) groups excluding carboxylic acids is 2. The first-order valence-electron chi connectivity index (χ1n) is 6.79. The fourth-order valence-corrected chi connectivity index (χ4v) is 2.44. The Morgan fingerprint density at radius 3 is 2.43 bits per heavy atom. The van der Waals surface area contributed by atoms with Crippen LogP contribution in [0.3, 0.4) is 0 Å². The maximum absolute atomic E-state index is 13.8. The van der Waals surface area contributed by atoms with Crippen molar-refractivity contribution in [3.8, 4) is 0 Å². The third kappa shape index (κ3) is 3.42. The van der Waals surface area contributed by atoms with Gasteiger partial charge in [0.05, 0.1) is 0 Å². The summed E-state index contributed by atoms with van der Waals surface area (Å²) in [4.78, 5) is 23.8. The largest absolute Gasteiger partial charge is 0.382 e. The minimum Gasteiger partial charge on any atom is -0.382 e. The van der Waals surface area contributed by atoms with Crippen molar-refractivity contribution in [1.29, 1.82) is 0 Å². The molecule has 5 N–H and O–H groups in total. The van der Waals surface area contributed by atoms with E-state index in [-0.39, 0.29) is 11.6 Å². The minimum atomic E-state index is -0.666. The average molecular weight is 294 g/mol. The molecule has 0 aromatic heterocycles. The molecule has 2 rings (SSSR count). The van der Waals surface area contributed by atoms with Gasteiger partial charge in [-0.1, -0.05) is 0 Å². The summed E-state index contributed by atoms with van der Waals surface area (Å²) in [6.45, 7) is 2.76. The van der Waals surface area contributed by atoms with Crippen LogP contribution < -0.4 is 16.8 Å². The third-order valence-corrected chi connectivity index (χ3v) is 3.80. The summed E-state index contributed by atoms with van der Waals surface area (Å²) in [5.74, 6) is -1.14. The number of anilines is 1. The molecule has 0 atom stereocenters. The Bertz CT molecular complexity index is 568. The van der Waals surface area contributed by atoms with E-state index in [4.69, 9.17) is 11.5 Å². The summed E-state index contributed by atoms with van der Waals surface area (Å²) in [6.07, 6.45) is 1.43. The number of halogens is 1. The SMILES string of the molecule is Cc1c(F)cc(C(N)=O)cc1NC1CCN(C(N)=O)CC1. The van der Waals surface area contributed by atoms with Crippen LogP contribution in [0.5, 0.6) is 0 Å². The lowest BCUT2D eigenvalue weighted by Gasteiger charge is -2.32. The number of rotatable bonds is 3. The van der Waals surface area contributed by atoms with E-state index in [0.29, 0.717) is 37.2 Å². The minimum absolute atomic E-state index is 0.0989. The molecule has 6 nitrogen and oxygen atoms in total. The van der Waals surface area contributed by atoms with Gasteiger partial charge in [0.25, 0.3) is 0 Å². The molecule has 7 heteroatoms. The first-order valence-corrected chi connectivity index (χ1v) is 6.79. The molecular formula is C14H19FN4O2. The molecule has 0 bridgehead atoms. The second-order valence-corrected chi connectivity index (χ2v) is 5.24. The number of amides is 3. The van der Waals surface area contributed by atoms with Gasteiger partial charge in [-0.3, -0.25) is 4.79 Å². The van der Waals surface area contributed by atoms with Crippen LogP contribution in [0.1, 0.15) is 28.8 Å². The van der Waals surface area contributed by atoms with Crippen LogP contribution in [-0.2, 0) is 0 Å². The summed E-state index contributed by atoms with van der Waals surface area (Å²) in [6, 6.07) is 2.37. The van der Waals surface area contributed by atoms with Crippen LogP contribution in [-0.4, -0.2) is 36.0 Å². The monoisotopic (exact) mass is 294 g/mol. The van der Waals surface area contributed by atoms with Crippen LogP contribution in [0, 0.1) is 12.7 Å². The fraction of sp³-hybridized carbons (Fsp3) is 0.429. The van der Waals surface area contributed by atoms with Crippen molar-refractivity contribution in [2.24, 2.45) is 11.5 Å². The third-order valence-electron chi connectivity index (χ3n) is 3.80. The van der Waals surface area contributed by atoms with Crippen molar-refractivity contribution in [2.75, 3.05) is 18.4 Å². The van der Waals surface area contributed by atoms with Crippen molar-refractivity contribution in [1.82, 2.24) is 4.90 Å². The molecular weight excluding hydrogens is 275 g/mol. The number of likely N-dealkylation sites (tertiary alicyclic amines) is 1. The summed E-state index contributed by atoms with van der Waals surface area (Å²) in [5.41, 5.74) is 11.6. The highest BCUT2D eigenvalue weighted by molar-refractivity contribution is 5.94. The average Bonchev–Trinajstić information content (AvgIpc) is 2.44. The van der Waals surface area contributed by atoms with Gasteiger partial charge >= 0.3 is 6.03 Å². The Morgan fingerprint density at radius 1 is 1.29 bits per heavy atom. The van der Waals surface area contributed by atoms with Gasteiger partial charge in [-0.25, -0.2) is 9.18 Å². The Hall–Kier alpha value is -2.31. The van der Waals surface area contributed by atoms with Crippen molar-refractivity contribution in [3.63, 3.8) is 0 Å². The van der Waals surface area contributed by atoms with Gasteiger partial charge in [0.1, 0.15) is 5.82 Å². The molecule has 3 amide bonds. The number of carbonyl (C=O) groups is 2. The number of nitrogens with zero attached hydrogens (tertiary/aromatic N) is 1. The smallest absolute Gasteiger partial charge is 0.314 e. The maximum Gasteiger partial charge on any atom is 0.314 e. The highest BCUT2D eigenvalue weighted by Crippen LogP contribution is 2.24. The molecule has 1 heterocycles. The summed E-state index contributed by atoms with van der Waals surface area (Å²) < 4.78 is 13.8. The highest BCUT2D eigenvalue weighted by Gasteiger charge is 2.22. The predicted molar refractivity (Wildman–Crippen MR) is 77.5 cm³/mol. The van der Waals surface area contributed by atoms with Gasteiger partial charge < -0.3 is 21.7 Å². The van der Waals surface area contributed by atoms with Gasteiger partial charge in [-0.2, -0.15) is 0 Å². The zero-order valence-corrected chi connectivity index (χ0v) is 11.9. The first kappa shape index (κ1) is 15.1. The van der Waals surface area contributed by atoms with E-state index in [1.54, 1.807) is 17.9 Å². The predicted octanol–water partition coefficient (Wildman–Crippen LogP) is 1.19. The van der Waals surface area contributed by atoms with Gasteiger partial charge in [-0.15, -0.1) is 0 Å². The Balaban J connectivity index is 2.10. The second kappa shape index (κ2) is 5.99. The number of benzene rings is 1. The van der Waals surface area contributed by atoms with E-state index in [0.717, 1.165) is 6.07 Å². The topological polar surface area (TPSA) is 101 Å². The van der Waals surface area contributed by atoms with E-state index in [1.165, 1.54) is 0 Å². The lowest BCUT2D eigenvalue weighted by atomic mass is 10.0. The number of hydrogen-bond acceptors (Lipinski definition) is 3.